The fourth-order valence-corrected chi connectivity index (χ4v) is 2.24. The summed E-state index contributed by atoms with van der Waals surface area (Å²) < 4.78 is 0. The molecule has 0 aliphatic heterocycles. The smallest absolute Gasteiger partial charge is 0.264 e. The van der Waals surface area contributed by atoms with E-state index in [1.807, 2.05) is 37.3 Å². The van der Waals surface area contributed by atoms with Crippen molar-refractivity contribution < 1.29 is 0 Å². The van der Waals surface area contributed by atoms with Crippen molar-refractivity contribution >= 4 is 0 Å². The quantitative estimate of drug-likeness (QED) is 0.769. The third-order valence-corrected chi connectivity index (χ3v) is 3.26. The second kappa shape index (κ2) is 5.13. The van der Waals surface area contributed by atoms with Crippen molar-refractivity contribution in [1.29, 1.82) is 0 Å². The fourth-order valence-electron chi connectivity index (χ4n) is 2.24. The highest BCUT2D eigenvalue weighted by molar-refractivity contribution is 5.69. The minimum atomic E-state index is -0.174. The molecule has 0 unspecified atom stereocenters. The molecule has 2 aromatic carbocycles. The maximum absolute atomic E-state index is 11.2. The van der Waals surface area contributed by atoms with E-state index in [2.05, 4.69) is 34.5 Å². The first-order valence-electron chi connectivity index (χ1n) is 6.46. The molecule has 0 fully saturated rings. The van der Waals surface area contributed by atoms with Gasteiger partial charge in [-0.1, -0.05) is 54.6 Å². The van der Waals surface area contributed by atoms with E-state index in [0.717, 1.165) is 22.4 Å². The van der Waals surface area contributed by atoms with Gasteiger partial charge in [-0.2, -0.15) is 5.10 Å². The predicted octanol–water partition coefficient (Wildman–Crippen LogP) is 3.41. The zero-order valence-corrected chi connectivity index (χ0v) is 11.1. The Morgan fingerprint density at radius 2 is 1.45 bits per heavy atom. The second-order valence-electron chi connectivity index (χ2n) is 4.71. The van der Waals surface area contributed by atoms with E-state index in [1.54, 1.807) is 6.07 Å². The summed E-state index contributed by atoms with van der Waals surface area (Å²) in [4.78, 5) is 11.2. The van der Waals surface area contributed by atoms with Gasteiger partial charge in [0.2, 0.25) is 0 Å². The number of aromatic amines is 1. The van der Waals surface area contributed by atoms with Crippen LogP contribution >= 0.6 is 0 Å². The van der Waals surface area contributed by atoms with Gasteiger partial charge < -0.3 is 0 Å². The SMILES string of the molecule is Cc1cc(=O)[nH]nc1-c1ccc(-c2ccccc2)cc1. The molecule has 3 rings (SSSR count). The van der Waals surface area contributed by atoms with Gasteiger partial charge in [0, 0.05) is 11.6 Å². The molecule has 0 atom stereocenters. The van der Waals surface area contributed by atoms with Crippen LogP contribution in [0.2, 0.25) is 0 Å². The third-order valence-electron chi connectivity index (χ3n) is 3.26. The van der Waals surface area contributed by atoms with E-state index in [0.29, 0.717) is 0 Å². The number of rotatable bonds is 2. The van der Waals surface area contributed by atoms with E-state index in [9.17, 15) is 4.79 Å². The van der Waals surface area contributed by atoms with Gasteiger partial charge in [-0.05, 0) is 23.6 Å². The highest BCUT2D eigenvalue weighted by Gasteiger charge is 2.05. The number of aromatic nitrogens is 2. The number of aryl methyl sites for hydroxylation is 1. The van der Waals surface area contributed by atoms with Crippen LogP contribution in [0.3, 0.4) is 0 Å². The maximum Gasteiger partial charge on any atom is 0.264 e. The normalized spacial score (nSPS) is 10.4. The van der Waals surface area contributed by atoms with Crippen molar-refractivity contribution in [1.82, 2.24) is 10.2 Å². The summed E-state index contributed by atoms with van der Waals surface area (Å²) in [6.07, 6.45) is 0. The first-order chi connectivity index (χ1) is 9.74. The predicted molar refractivity (Wildman–Crippen MR) is 80.5 cm³/mol. The first kappa shape index (κ1) is 12.4. The van der Waals surface area contributed by atoms with Crippen molar-refractivity contribution in [3.8, 4) is 22.4 Å². The average Bonchev–Trinajstić information content (AvgIpc) is 2.48. The van der Waals surface area contributed by atoms with Gasteiger partial charge in [0.15, 0.2) is 0 Å². The Kier molecular flexibility index (Phi) is 3.17. The van der Waals surface area contributed by atoms with Crippen molar-refractivity contribution in [3.05, 3.63) is 76.6 Å². The lowest BCUT2D eigenvalue weighted by Crippen LogP contribution is -2.08. The van der Waals surface area contributed by atoms with Crippen molar-refractivity contribution in [2.24, 2.45) is 0 Å². The molecule has 0 amide bonds. The number of hydrogen-bond acceptors (Lipinski definition) is 2. The van der Waals surface area contributed by atoms with Crippen LogP contribution < -0.4 is 5.56 Å². The molecule has 3 heteroatoms. The number of nitrogens with one attached hydrogen (secondary N) is 1. The number of nitrogens with zero attached hydrogens (tertiary/aromatic N) is 1. The molecular formula is C17H14N2O. The minimum Gasteiger partial charge on any atom is -0.268 e. The molecule has 0 saturated carbocycles. The summed E-state index contributed by atoms with van der Waals surface area (Å²) in [5.74, 6) is 0. The van der Waals surface area contributed by atoms with Crippen LogP contribution in [0.4, 0.5) is 0 Å². The van der Waals surface area contributed by atoms with Crippen molar-refractivity contribution in [2.75, 3.05) is 0 Å². The molecule has 20 heavy (non-hydrogen) atoms. The number of H-pyrrole nitrogens is 1. The molecular weight excluding hydrogens is 248 g/mol. The van der Waals surface area contributed by atoms with E-state index >= 15 is 0 Å². The summed E-state index contributed by atoms with van der Waals surface area (Å²) in [6.45, 7) is 1.89. The molecule has 1 N–H and O–H groups in total. The average molecular weight is 262 g/mol. The van der Waals surface area contributed by atoms with Crippen LogP contribution in [0, 0.1) is 6.92 Å². The zero-order valence-electron chi connectivity index (χ0n) is 11.1. The first-order valence-corrected chi connectivity index (χ1v) is 6.46. The summed E-state index contributed by atoms with van der Waals surface area (Å²) in [5.41, 5.74) is 4.86. The Morgan fingerprint density at radius 1 is 0.850 bits per heavy atom. The summed E-state index contributed by atoms with van der Waals surface area (Å²) >= 11 is 0. The number of hydrogen-bond donors (Lipinski definition) is 1. The van der Waals surface area contributed by atoms with E-state index < -0.39 is 0 Å². The van der Waals surface area contributed by atoms with Crippen LogP contribution in [0.1, 0.15) is 5.56 Å². The lowest BCUT2D eigenvalue weighted by Gasteiger charge is -2.06. The topological polar surface area (TPSA) is 45.8 Å². The van der Waals surface area contributed by atoms with E-state index in [4.69, 9.17) is 0 Å². The monoisotopic (exact) mass is 262 g/mol. The Labute approximate surface area is 116 Å². The molecule has 3 nitrogen and oxygen atoms in total. The fraction of sp³-hybridized carbons (Fsp3) is 0.0588. The van der Waals surface area contributed by atoms with Gasteiger partial charge >= 0.3 is 0 Å². The van der Waals surface area contributed by atoms with Crippen LogP contribution in [0.15, 0.2) is 65.5 Å². The van der Waals surface area contributed by atoms with Gasteiger partial charge in [-0.15, -0.1) is 0 Å². The molecule has 0 aliphatic carbocycles. The van der Waals surface area contributed by atoms with E-state index in [-0.39, 0.29) is 5.56 Å². The van der Waals surface area contributed by atoms with Gasteiger partial charge in [0.1, 0.15) is 0 Å². The third kappa shape index (κ3) is 2.38. The van der Waals surface area contributed by atoms with Crippen LogP contribution in [0.25, 0.3) is 22.4 Å². The summed E-state index contributed by atoms with van der Waals surface area (Å²) in [5, 5.41) is 6.59. The maximum atomic E-state index is 11.2. The second-order valence-corrected chi connectivity index (χ2v) is 4.71. The molecule has 1 aromatic heterocycles. The van der Waals surface area contributed by atoms with Crippen LogP contribution in [0.5, 0.6) is 0 Å². The Morgan fingerprint density at radius 3 is 2.10 bits per heavy atom. The molecule has 0 radical (unpaired) electrons. The Hall–Kier alpha value is -2.68. The lowest BCUT2D eigenvalue weighted by atomic mass is 10.0. The molecule has 3 aromatic rings. The summed E-state index contributed by atoms with van der Waals surface area (Å²) in [7, 11) is 0. The van der Waals surface area contributed by atoms with Crippen molar-refractivity contribution in [3.63, 3.8) is 0 Å². The molecule has 1 heterocycles. The van der Waals surface area contributed by atoms with Gasteiger partial charge in [-0.25, -0.2) is 5.10 Å². The van der Waals surface area contributed by atoms with Crippen LogP contribution in [-0.2, 0) is 0 Å². The molecule has 0 saturated heterocycles. The van der Waals surface area contributed by atoms with Crippen LogP contribution in [-0.4, -0.2) is 10.2 Å². The van der Waals surface area contributed by atoms with Gasteiger partial charge in [0.05, 0.1) is 5.69 Å². The molecule has 0 spiro atoms. The molecule has 0 aliphatic rings. The van der Waals surface area contributed by atoms with Gasteiger partial charge in [0.25, 0.3) is 5.56 Å². The minimum absolute atomic E-state index is 0.174. The standard InChI is InChI=1S/C17H14N2O/c1-12-11-16(20)18-19-17(12)15-9-7-14(8-10-15)13-5-3-2-4-6-13/h2-11H,1H3,(H,18,20). The van der Waals surface area contributed by atoms with E-state index in [1.165, 1.54) is 5.56 Å². The molecule has 0 bridgehead atoms. The summed E-state index contributed by atoms with van der Waals surface area (Å²) in [6, 6.07) is 20.0. The van der Waals surface area contributed by atoms with Crippen molar-refractivity contribution in [2.45, 2.75) is 6.92 Å². The lowest BCUT2D eigenvalue weighted by molar-refractivity contribution is 0.981. The van der Waals surface area contributed by atoms with Gasteiger partial charge in [-0.3, -0.25) is 4.79 Å². The highest BCUT2D eigenvalue weighted by Crippen LogP contribution is 2.24. The largest absolute Gasteiger partial charge is 0.268 e. The zero-order chi connectivity index (χ0) is 13.9. The Bertz CT molecular complexity index is 774. The molecule has 98 valence electrons. The highest BCUT2D eigenvalue weighted by atomic mass is 16.1. The number of benzene rings is 2. The Balaban J connectivity index is 1.99.